The lowest BCUT2D eigenvalue weighted by Crippen LogP contribution is -2.34. The Bertz CT molecular complexity index is 534. The fourth-order valence-corrected chi connectivity index (χ4v) is 2.66. The molecule has 0 radical (unpaired) electrons. The molecule has 1 aliphatic heterocycles. The summed E-state index contributed by atoms with van der Waals surface area (Å²) in [5.41, 5.74) is 1.90. The molecule has 1 saturated heterocycles. The van der Waals surface area contributed by atoms with Crippen molar-refractivity contribution >= 4 is 0 Å². The minimum absolute atomic E-state index is 0.0418. The van der Waals surface area contributed by atoms with Crippen molar-refractivity contribution in [3.8, 4) is 0 Å². The smallest absolute Gasteiger partial charge is 0.108 e. The monoisotopic (exact) mass is 273 g/mol. The maximum atomic E-state index is 9.03. The first-order chi connectivity index (χ1) is 9.85. The molecule has 20 heavy (non-hydrogen) atoms. The van der Waals surface area contributed by atoms with Crippen molar-refractivity contribution in [3.63, 3.8) is 0 Å². The Morgan fingerprint density at radius 2 is 2.15 bits per heavy atom. The average Bonchev–Trinajstić information content (AvgIpc) is 2.98. The summed E-state index contributed by atoms with van der Waals surface area (Å²) in [7, 11) is 0. The number of nitrogens with zero attached hydrogens (tertiary/aromatic N) is 5. The zero-order chi connectivity index (χ0) is 13.8. The van der Waals surface area contributed by atoms with Gasteiger partial charge < -0.3 is 5.11 Å². The largest absolute Gasteiger partial charge is 0.390 e. The molecule has 6 heteroatoms. The van der Waals surface area contributed by atoms with Crippen LogP contribution in [0.4, 0.5) is 0 Å². The zero-order valence-corrected chi connectivity index (χ0v) is 11.4. The second-order valence-corrected chi connectivity index (χ2v) is 5.22. The number of aromatic nitrogens is 4. The predicted molar refractivity (Wildman–Crippen MR) is 73.7 cm³/mol. The molecule has 0 bridgehead atoms. The topological polar surface area (TPSA) is 67.1 Å². The van der Waals surface area contributed by atoms with Crippen molar-refractivity contribution < 1.29 is 5.11 Å². The van der Waals surface area contributed by atoms with E-state index in [0.29, 0.717) is 11.7 Å². The zero-order valence-electron chi connectivity index (χ0n) is 11.4. The maximum absolute atomic E-state index is 9.03. The molecule has 2 aromatic rings. The molecule has 3 rings (SSSR count). The normalized spacial score (nSPS) is 17.4. The molecule has 0 unspecified atom stereocenters. The van der Waals surface area contributed by atoms with Gasteiger partial charge in [-0.1, -0.05) is 11.3 Å². The van der Waals surface area contributed by atoms with Gasteiger partial charge in [0.1, 0.15) is 5.69 Å². The van der Waals surface area contributed by atoms with Gasteiger partial charge in [0.05, 0.1) is 18.8 Å². The van der Waals surface area contributed by atoms with Crippen LogP contribution in [0.2, 0.25) is 0 Å². The Kier molecular flexibility index (Phi) is 4.03. The molecule has 0 amide bonds. The SMILES string of the molecule is OCc1cn(C2CCN(Cc3cccnc3)CC2)nn1. The Balaban J connectivity index is 1.54. The first-order valence-electron chi connectivity index (χ1n) is 6.98. The third-order valence-corrected chi connectivity index (χ3v) is 3.78. The first-order valence-corrected chi connectivity index (χ1v) is 6.98. The summed E-state index contributed by atoms with van der Waals surface area (Å²) in [6, 6.07) is 4.49. The number of aliphatic hydroxyl groups excluding tert-OH is 1. The van der Waals surface area contributed by atoms with E-state index in [9.17, 15) is 0 Å². The quantitative estimate of drug-likeness (QED) is 0.900. The van der Waals surface area contributed by atoms with E-state index in [1.54, 1.807) is 6.20 Å². The molecule has 3 heterocycles. The van der Waals surface area contributed by atoms with Gasteiger partial charge in [-0.3, -0.25) is 9.88 Å². The summed E-state index contributed by atoms with van der Waals surface area (Å²) in [5, 5.41) is 17.1. The van der Waals surface area contributed by atoms with E-state index in [1.807, 2.05) is 23.1 Å². The lowest BCUT2D eigenvalue weighted by molar-refractivity contribution is 0.172. The summed E-state index contributed by atoms with van der Waals surface area (Å²) >= 11 is 0. The van der Waals surface area contributed by atoms with Crippen LogP contribution in [0.1, 0.15) is 30.1 Å². The van der Waals surface area contributed by atoms with E-state index < -0.39 is 0 Å². The summed E-state index contributed by atoms with van der Waals surface area (Å²) in [6.07, 6.45) is 7.71. The van der Waals surface area contributed by atoms with Crippen LogP contribution in [0.3, 0.4) is 0 Å². The van der Waals surface area contributed by atoms with Crippen molar-refractivity contribution in [2.45, 2.75) is 32.0 Å². The number of hydrogen-bond donors (Lipinski definition) is 1. The van der Waals surface area contributed by atoms with Crippen LogP contribution in [0, 0.1) is 0 Å². The molecule has 0 saturated carbocycles. The molecule has 0 aromatic carbocycles. The van der Waals surface area contributed by atoms with E-state index in [2.05, 4.69) is 26.3 Å². The van der Waals surface area contributed by atoms with Crippen molar-refractivity contribution in [1.29, 1.82) is 0 Å². The van der Waals surface area contributed by atoms with Gasteiger partial charge in [-0.15, -0.1) is 5.10 Å². The Morgan fingerprint density at radius 3 is 2.80 bits per heavy atom. The van der Waals surface area contributed by atoms with Gasteiger partial charge in [-0.05, 0) is 24.5 Å². The molecule has 1 N–H and O–H groups in total. The summed E-state index contributed by atoms with van der Waals surface area (Å²) in [6.45, 7) is 3.02. The fraction of sp³-hybridized carbons (Fsp3) is 0.500. The minimum atomic E-state index is -0.0418. The number of likely N-dealkylation sites (tertiary alicyclic amines) is 1. The standard InChI is InChI=1S/C14H19N5O/c20-11-13-10-19(17-16-13)14-3-6-18(7-4-14)9-12-2-1-5-15-8-12/h1-2,5,8,10,14,20H,3-4,6-7,9,11H2. The van der Waals surface area contributed by atoms with E-state index in [1.165, 1.54) is 5.56 Å². The maximum Gasteiger partial charge on any atom is 0.108 e. The van der Waals surface area contributed by atoms with Crippen LogP contribution < -0.4 is 0 Å². The number of hydrogen-bond acceptors (Lipinski definition) is 5. The second kappa shape index (κ2) is 6.11. The molecule has 0 spiro atoms. The van der Waals surface area contributed by atoms with Crippen molar-refractivity contribution in [1.82, 2.24) is 24.9 Å². The van der Waals surface area contributed by atoms with Crippen molar-refractivity contribution in [2.75, 3.05) is 13.1 Å². The van der Waals surface area contributed by atoms with Crippen LogP contribution in [0.15, 0.2) is 30.7 Å². The van der Waals surface area contributed by atoms with E-state index >= 15 is 0 Å². The highest BCUT2D eigenvalue weighted by molar-refractivity contribution is 5.08. The first kappa shape index (κ1) is 13.2. The van der Waals surface area contributed by atoms with Crippen LogP contribution in [-0.4, -0.2) is 43.1 Å². The third kappa shape index (κ3) is 3.02. The fourth-order valence-electron chi connectivity index (χ4n) is 2.66. The van der Waals surface area contributed by atoms with E-state index in [-0.39, 0.29) is 6.61 Å². The molecule has 1 fully saturated rings. The minimum Gasteiger partial charge on any atom is -0.390 e. The van der Waals surface area contributed by atoms with E-state index in [0.717, 1.165) is 32.5 Å². The third-order valence-electron chi connectivity index (χ3n) is 3.78. The Morgan fingerprint density at radius 1 is 1.30 bits per heavy atom. The molecule has 106 valence electrons. The number of pyridine rings is 1. The van der Waals surface area contributed by atoms with Crippen LogP contribution in [-0.2, 0) is 13.2 Å². The molecule has 1 aliphatic rings. The molecular formula is C14H19N5O. The molecule has 6 nitrogen and oxygen atoms in total. The molecule has 0 aliphatic carbocycles. The van der Waals surface area contributed by atoms with Crippen LogP contribution >= 0.6 is 0 Å². The van der Waals surface area contributed by atoms with Gasteiger partial charge in [-0.2, -0.15) is 0 Å². The Labute approximate surface area is 118 Å². The average molecular weight is 273 g/mol. The molecular weight excluding hydrogens is 254 g/mol. The molecule has 0 atom stereocenters. The van der Waals surface area contributed by atoms with Crippen LogP contribution in [0.25, 0.3) is 0 Å². The second-order valence-electron chi connectivity index (χ2n) is 5.22. The van der Waals surface area contributed by atoms with Crippen LogP contribution in [0.5, 0.6) is 0 Å². The number of aliphatic hydroxyl groups is 1. The van der Waals surface area contributed by atoms with Gasteiger partial charge in [-0.25, -0.2) is 4.68 Å². The predicted octanol–water partition coefficient (Wildman–Crippen LogP) is 1.00. The summed E-state index contributed by atoms with van der Waals surface area (Å²) < 4.78 is 1.90. The van der Waals surface area contributed by atoms with E-state index in [4.69, 9.17) is 5.11 Å². The summed E-state index contributed by atoms with van der Waals surface area (Å²) in [5.74, 6) is 0. The Hall–Kier alpha value is -1.79. The van der Waals surface area contributed by atoms with Crippen molar-refractivity contribution in [2.24, 2.45) is 0 Å². The lowest BCUT2D eigenvalue weighted by atomic mass is 10.0. The highest BCUT2D eigenvalue weighted by Gasteiger charge is 2.21. The van der Waals surface area contributed by atoms with Gasteiger partial charge in [0.2, 0.25) is 0 Å². The van der Waals surface area contributed by atoms with Gasteiger partial charge in [0, 0.05) is 32.0 Å². The number of rotatable bonds is 4. The number of piperidine rings is 1. The summed E-state index contributed by atoms with van der Waals surface area (Å²) in [4.78, 5) is 6.59. The lowest BCUT2D eigenvalue weighted by Gasteiger charge is -2.31. The molecule has 2 aromatic heterocycles. The van der Waals surface area contributed by atoms with Crippen molar-refractivity contribution in [3.05, 3.63) is 42.0 Å². The van der Waals surface area contributed by atoms with Gasteiger partial charge in [0.15, 0.2) is 0 Å². The highest BCUT2D eigenvalue weighted by atomic mass is 16.3. The van der Waals surface area contributed by atoms with Gasteiger partial charge in [0.25, 0.3) is 0 Å². The highest BCUT2D eigenvalue weighted by Crippen LogP contribution is 2.22. The van der Waals surface area contributed by atoms with Gasteiger partial charge >= 0.3 is 0 Å².